The van der Waals surface area contributed by atoms with Gasteiger partial charge < -0.3 is 9.32 Å². The van der Waals surface area contributed by atoms with Crippen molar-refractivity contribution in [2.75, 3.05) is 19.6 Å². The number of hydrogen-bond donors (Lipinski definition) is 0. The second-order valence-corrected chi connectivity index (χ2v) is 10.3. The van der Waals surface area contributed by atoms with Crippen molar-refractivity contribution in [3.63, 3.8) is 0 Å². The van der Waals surface area contributed by atoms with E-state index in [1.165, 1.54) is 6.07 Å². The molecule has 2 aliphatic heterocycles. The molecule has 1 atom stereocenters. The van der Waals surface area contributed by atoms with Gasteiger partial charge in [-0.25, -0.2) is 9.37 Å². The minimum absolute atomic E-state index is 0.0399. The van der Waals surface area contributed by atoms with Gasteiger partial charge in [-0.3, -0.25) is 19.5 Å². The van der Waals surface area contributed by atoms with Gasteiger partial charge in [-0.15, -0.1) is 0 Å². The molecule has 0 unspecified atom stereocenters. The predicted molar refractivity (Wildman–Crippen MR) is 127 cm³/mol. The third-order valence-electron chi connectivity index (χ3n) is 7.66. The summed E-state index contributed by atoms with van der Waals surface area (Å²) in [4.78, 5) is 38.5. The van der Waals surface area contributed by atoms with E-state index in [0.29, 0.717) is 59.9 Å². The zero-order chi connectivity index (χ0) is 23.7. The lowest BCUT2D eigenvalue weighted by Gasteiger charge is -2.24. The number of carbonyl (C=O) groups excluding carboxylic acids is 2. The summed E-state index contributed by atoms with van der Waals surface area (Å²) in [6.07, 6.45) is 4.23. The SMILES string of the molecule is O=C(C1CC1)N1CC[C@@H](CN2C(=O)C3(CC3)N=C2c2ccc(-c3nc4ccccc4o3)cc2F)C1. The largest absolute Gasteiger partial charge is 0.436 e. The molecule has 2 aromatic carbocycles. The van der Waals surface area contributed by atoms with Crippen molar-refractivity contribution in [1.29, 1.82) is 0 Å². The van der Waals surface area contributed by atoms with Gasteiger partial charge in [0.1, 0.15) is 22.7 Å². The molecule has 0 N–H and O–H groups in total. The zero-order valence-corrected chi connectivity index (χ0v) is 19.2. The molecule has 3 heterocycles. The Labute approximate surface area is 201 Å². The van der Waals surface area contributed by atoms with Gasteiger partial charge in [-0.05, 0) is 68.4 Å². The van der Waals surface area contributed by atoms with Crippen molar-refractivity contribution in [1.82, 2.24) is 14.8 Å². The molecule has 1 saturated heterocycles. The first-order valence-corrected chi connectivity index (χ1v) is 12.4. The van der Waals surface area contributed by atoms with Gasteiger partial charge in [0, 0.05) is 31.1 Å². The summed E-state index contributed by atoms with van der Waals surface area (Å²) in [5.41, 5.74) is 1.48. The van der Waals surface area contributed by atoms with Crippen LogP contribution in [0.25, 0.3) is 22.6 Å². The van der Waals surface area contributed by atoms with Gasteiger partial charge in [0.05, 0.1) is 5.56 Å². The first-order valence-electron chi connectivity index (χ1n) is 12.4. The van der Waals surface area contributed by atoms with Gasteiger partial charge in [0.2, 0.25) is 11.8 Å². The van der Waals surface area contributed by atoms with E-state index >= 15 is 4.39 Å². The number of aliphatic imine (C=N–C) groups is 1. The number of halogens is 1. The third-order valence-corrected chi connectivity index (χ3v) is 7.66. The lowest BCUT2D eigenvalue weighted by Crippen LogP contribution is -2.41. The summed E-state index contributed by atoms with van der Waals surface area (Å²) < 4.78 is 21.2. The molecule has 2 amide bonds. The number of amides is 2. The summed E-state index contributed by atoms with van der Waals surface area (Å²) in [7, 11) is 0. The molecule has 2 aliphatic carbocycles. The monoisotopic (exact) mass is 472 g/mol. The first kappa shape index (κ1) is 20.8. The van der Waals surface area contributed by atoms with Crippen LogP contribution in [0.4, 0.5) is 4.39 Å². The average Bonchev–Trinajstić information content (AvgIpc) is 3.75. The standard InChI is InChI=1S/C27H25FN4O3/c28-20-13-18(24-29-21-3-1-2-4-22(21)35-24)7-8-19(20)23-30-27(10-11-27)26(34)32(23)15-16-9-12-31(14-16)25(33)17-5-6-17/h1-4,7-8,13,16-17H,5-6,9-12,14-15H2/t16-/m1/s1. The Morgan fingerprint density at radius 1 is 1.14 bits per heavy atom. The number of fused-ring (bicyclic) bond motifs is 1. The number of amidine groups is 1. The lowest BCUT2D eigenvalue weighted by atomic mass is 10.1. The molecule has 1 spiro atoms. The fourth-order valence-electron chi connectivity index (χ4n) is 5.33. The topological polar surface area (TPSA) is 79.0 Å². The highest BCUT2D eigenvalue weighted by Gasteiger charge is 2.58. The Balaban J connectivity index is 1.15. The fourth-order valence-corrected chi connectivity index (χ4v) is 5.33. The quantitative estimate of drug-likeness (QED) is 0.562. The summed E-state index contributed by atoms with van der Waals surface area (Å²) in [6.45, 7) is 1.84. The van der Waals surface area contributed by atoms with Gasteiger partial charge in [0.15, 0.2) is 5.58 Å². The number of nitrogens with zero attached hydrogens (tertiary/aromatic N) is 4. The number of oxazole rings is 1. The summed E-state index contributed by atoms with van der Waals surface area (Å²) >= 11 is 0. The van der Waals surface area contributed by atoms with Crippen LogP contribution in [-0.4, -0.2) is 57.6 Å². The highest BCUT2D eigenvalue weighted by atomic mass is 19.1. The van der Waals surface area contributed by atoms with E-state index in [9.17, 15) is 9.59 Å². The molecule has 35 heavy (non-hydrogen) atoms. The van der Waals surface area contributed by atoms with Crippen LogP contribution in [0, 0.1) is 17.7 Å². The molecule has 4 aliphatic rings. The number of aromatic nitrogens is 1. The Morgan fingerprint density at radius 2 is 1.97 bits per heavy atom. The number of hydrogen-bond acceptors (Lipinski definition) is 5. The Bertz CT molecular complexity index is 1370. The van der Waals surface area contributed by atoms with E-state index in [2.05, 4.69) is 4.98 Å². The molecular weight excluding hydrogens is 447 g/mol. The first-order chi connectivity index (χ1) is 17.0. The highest BCUT2D eigenvalue weighted by Crippen LogP contribution is 2.46. The molecule has 3 aromatic rings. The summed E-state index contributed by atoms with van der Waals surface area (Å²) in [6, 6.07) is 12.2. The van der Waals surface area contributed by atoms with Crippen LogP contribution in [0.3, 0.4) is 0 Å². The van der Waals surface area contributed by atoms with Crippen LogP contribution in [0.5, 0.6) is 0 Å². The number of likely N-dealkylation sites (tertiary alicyclic amines) is 1. The Hall–Kier alpha value is -3.55. The van der Waals surface area contributed by atoms with Crippen LogP contribution in [-0.2, 0) is 9.59 Å². The number of rotatable bonds is 5. The maximum atomic E-state index is 15.5. The predicted octanol–water partition coefficient (Wildman–Crippen LogP) is 4.01. The molecular formula is C27H25FN4O3. The van der Waals surface area contributed by atoms with Crippen LogP contribution in [0.15, 0.2) is 51.9 Å². The number of benzene rings is 2. The van der Waals surface area contributed by atoms with Gasteiger partial charge in [-0.1, -0.05) is 12.1 Å². The van der Waals surface area contributed by atoms with Gasteiger partial charge in [-0.2, -0.15) is 0 Å². The van der Waals surface area contributed by atoms with E-state index < -0.39 is 11.4 Å². The van der Waals surface area contributed by atoms with Crippen LogP contribution >= 0.6 is 0 Å². The van der Waals surface area contributed by atoms with Crippen LogP contribution < -0.4 is 0 Å². The van der Waals surface area contributed by atoms with Crippen LogP contribution in [0.2, 0.25) is 0 Å². The van der Waals surface area contributed by atoms with Crippen molar-refractivity contribution in [3.05, 3.63) is 53.8 Å². The Morgan fingerprint density at radius 3 is 2.71 bits per heavy atom. The maximum Gasteiger partial charge on any atom is 0.256 e. The number of para-hydroxylation sites is 2. The van der Waals surface area contributed by atoms with Gasteiger partial charge in [0.25, 0.3) is 5.91 Å². The van der Waals surface area contributed by atoms with Crippen molar-refractivity contribution in [3.8, 4) is 11.5 Å². The molecule has 0 radical (unpaired) electrons. The zero-order valence-electron chi connectivity index (χ0n) is 19.2. The number of carbonyl (C=O) groups is 2. The van der Waals surface area contributed by atoms with Crippen molar-refractivity contribution in [2.45, 2.75) is 37.6 Å². The second kappa shape index (κ2) is 7.47. The molecule has 0 bridgehead atoms. The second-order valence-electron chi connectivity index (χ2n) is 10.3. The van der Waals surface area contributed by atoms with Crippen LogP contribution in [0.1, 0.15) is 37.7 Å². The average molecular weight is 473 g/mol. The van der Waals surface area contributed by atoms with Gasteiger partial charge >= 0.3 is 0 Å². The molecule has 7 rings (SSSR count). The van der Waals surface area contributed by atoms with E-state index in [1.54, 1.807) is 17.0 Å². The minimum Gasteiger partial charge on any atom is -0.436 e. The molecule has 3 fully saturated rings. The van der Waals surface area contributed by atoms with E-state index in [4.69, 9.17) is 9.41 Å². The lowest BCUT2D eigenvalue weighted by molar-refractivity contribution is -0.131. The molecule has 7 nitrogen and oxygen atoms in total. The fraction of sp³-hybridized carbons (Fsp3) is 0.407. The Kier molecular flexibility index (Phi) is 4.44. The summed E-state index contributed by atoms with van der Waals surface area (Å²) in [5, 5.41) is 0. The molecule has 2 saturated carbocycles. The summed E-state index contributed by atoms with van der Waals surface area (Å²) in [5.74, 6) is 0.862. The third kappa shape index (κ3) is 3.46. The normalized spacial score (nSPS) is 22.9. The highest BCUT2D eigenvalue weighted by molar-refractivity contribution is 6.16. The maximum absolute atomic E-state index is 15.5. The molecule has 8 heteroatoms. The van der Waals surface area contributed by atoms with E-state index in [0.717, 1.165) is 25.8 Å². The minimum atomic E-state index is -0.719. The van der Waals surface area contributed by atoms with E-state index in [-0.39, 0.29) is 23.7 Å². The van der Waals surface area contributed by atoms with Crippen molar-refractivity contribution < 1.29 is 18.4 Å². The van der Waals surface area contributed by atoms with Crippen molar-refractivity contribution >= 4 is 28.7 Å². The molecule has 1 aromatic heterocycles. The smallest absolute Gasteiger partial charge is 0.256 e. The van der Waals surface area contributed by atoms with Crippen molar-refractivity contribution in [2.24, 2.45) is 16.8 Å². The molecule has 178 valence electrons. The van der Waals surface area contributed by atoms with E-state index in [1.807, 2.05) is 29.2 Å².